The Kier molecular flexibility index (Phi) is 2.88. The van der Waals surface area contributed by atoms with Crippen molar-refractivity contribution in [3.63, 3.8) is 0 Å². The van der Waals surface area contributed by atoms with E-state index in [0.29, 0.717) is 0 Å². The molecule has 20 heavy (non-hydrogen) atoms. The molecule has 3 N–H and O–H groups in total. The lowest BCUT2D eigenvalue weighted by molar-refractivity contribution is 0.428. The van der Waals surface area contributed by atoms with E-state index in [2.05, 4.69) is 22.4 Å². The van der Waals surface area contributed by atoms with E-state index in [0.717, 1.165) is 46.2 Å². The first-order valence-corrected chi connectivity index (χ1v) is 8.43. The van der Waals surface area contributed by atoms with Gasteiger partial charge in [0.15, 0.2) is 0 Å². The van der Waals surface area contributed by atoms with Crippen molar-refractivity contribution in [1.29, 1.82) is 0 Å². The summed E-state index contributed by atoms with van der Waals surface area (Å²) < 4.78 is 1.19. The molecule has 4 rings (SSSR count). The van der Waals surface area contributed by atoms with Crippen molar-refractivity contribution in [3.8, 4) is 0 Å². The van der Waals surface area contributed by atoms with Gasteiger partial charge in [-0.15, -0.1) is 11.3 Å². The minimum atomic E-state index is 0.853. The molecule has 0 atom stereocenters. The number of benzene rings is 1. The maximum Gasteiger partial charge on any atom is 0.0907 e. The number of nitrogen functional groups attached to an aromatic ring is 1. The summed E-state index contributed by atoms with van der Waals surface area (Å²) in [4.78, 5) is 4.56. The molecule has 0 unspecified atom stereocenters. The average molecular weight is 287 g/mol. The van der Waals surface area contributed by atoms with Crippen LogP contribution in [0.4, 0.5) is 11.4 Å². The summed E-state index contributed by atoms with van der Waals surface area (Å²) in [5.74, 6) is 2.81. The van der Waals surface area contributed by atoms with Crippen molar-refractivity contribution in [2.75, 3.05) is 17.6 Å². The minimum absolute atomic E-state index is 0.853. The van der Waals surface area contributed by atoms with Crippen LogP contribution in [0.1, 0.15) is 30.7 Å². The molecule has 0 aliphatic heterocycles. The molecule has 0 bridgehead atoms. The van der Waals surface area contributed by atoms with Gasteiger partial charge in [0.05, 0.1) is 26.6 Å². The van der Waals surface area contributed by atoms with E-state index in [1.807, 2.05) is 6.92 Å². The van der Waals surface area contributed by atoms with Crippen LogP contribution >= 0.6 is 11.3 Å². The number of nitrogens with zero attached hydrogens (tertiary/aromatic N) is 1. The van der Waals surface area contributed by atoms with E-state index in [1.165, 1.54) is 30.4 Å². The lowest BCUT2D eigenvalue weighted by Crippen LogP contribution is -2.18. The Morgan fingerprint density at radius 1 is 1.30 bits per heavy atom. The summed E-state index contributed by atoms with van der Waals surface area (Å²) in [6.45, 7) is 3.12. The predicted octanol–water partition coefficient (Wildman–Crippen LogP) is 4.04. The number of anilines is 2. The summed E-state index contributed by atoms with van der Waals surface area (Å²) in [5.41, 5.74) is 9.17. The van der Waals surface area contributed by atoms with Crippen LogP contribution in [0.3, 0.4) is 0 Å². The van der Waals surface area contributed by atoms with Gasteiger partial charge in [0, 0.05) is 6.54 Å². The van der Waals surface area contributed by atoms with Crippen molar-refractivity contribution in [2.24, 2.45) is 17.8 Å². The number of rotatable bonds is 5. The lowest BCUT2D eigenvalue weighted by Gasteiger charge is -2.18. The topological polar surface area (TPSA) is 50.9 Å². The second-order valence-corrected chi connectivity index (χ2v) is 7.59. The highest BCUT2D eigenvalue weighted by Gasteiger charge is 2.41. The first-order chi connectivity index (χ1) is 9.70. The van der Waals surface area contributed by atoms with Crippen molar-refractivity contribution >= 4 is 32.9 Å². The summed E-state index contributed by atoms with van der Waals surface area (Å²) >= 11 is 1.71. The van der Waals surface area contributed by atoms with E-state index in [-0.39, 0.29) is 0 Å². The fourth-order valence-corrected chi connectivity index (χ4v) is 4.11. The maximum absolute atomic E-state index is 6.18. The first-order valence-electron chi connectivity index (χ1n) is 7.61. The molecular weight excluding hydrogens is 266 g/mol. The number of aryl methyl sites for hydroxylation is 1. The molecule has 2 aliphatic rings. The van der Waals surface area contributed by atoms with Crippen LogP contribution in [0.5, 0.6) is 0 Å². The van der Waals surface area contributed by atoms with E-state index in [4.69, 9.17) is 5.73 Å². The van der Waals surface area contributed by atoms with E-state index >= 15 is 0 Å². The van der Waals surface area contributed by atoms with Gasteiger partial charge >= 0.3 is 0 Å². The Balaban J connectivity index is 1.53. The molecule has 1 aromatic heterocycles. The number of hydrogen-bond acceptors (Lipinski definition) is 4. The first kappa shape index (κ1) is 12.5. The molecule has 3 nitrogen and oxygen atoms in total. The highest BCUT2D eigenvalue weighted by Crippen LogP contribution is 2.49. The fraction of sp³-hybridized carbons (Fsp3) is 0.562. The summed E-state index contributed by atoms with van der Waals surface area (Å²) in [7, 11) is 0. The van der Waals surface area contributed by atoms with Crippen molar-refractivity contribution in [2.45, 2.75) is 32.6 Å². The van der Waals surface area contributed by atoms with E-state index in [1.54, 1.807) is 11.3 Å². The summed E-state index contributed by atoms with van der Waals surface area (Å²) in [5, 5.41) is 4.70. The highest BCUT2D eigenvalue weighted by molar-refractivity contribution is 7.18. The summed E-state index contributed by atoms with van der Waals surface area (Å²) in [6.07, 6.45) is 5.73. The lowest BCUT2D eigenvalue weighted by atomic mass is 9.98. The predicted molar refractivity (Wildman–Crippen MR) is 86.2 cm³/mol. The number of nitrogens with two attached hydrogens (primary N) is 1. The third-order valence-electron chi connectivity index (χ3n) is 4.65. The van der Waals surface area contributed by atoms with Crippen LogP contribution in [0.15, 0.2) is 12.1 Å². The Labute approximate surface area is 123 Å². The zero-order valence-electron chi connectivity index (χ0n) is 11.9. The molecule has 2 saturated carbocycles. The van der Waals surface area contributed by atoms with Gasteiger partial charge in [0.2, 0.25) is 0 Å². The normalized spacial score (nSPS) is 18.9. The van der Waals surface area contributed by atoms with Gasteiger partial charge in [-0.05, 0) is 62.5 Å². The van der Waals surface area contributed by atoms with Gasteiger partial charge in [-0.3, -0.25) is 0 Å². The molecule has 2 fully saturated rings. The molecule has 0 saturated heterocycles. The maximum atomic E-state index is 6.18. The van der Waals surface area contributed by atoms with Gasteiger partial charge in [-0.2, -0.15) is 0 Å². The van der Waals surface area contributed by atoms with Gasteiger partial charge in [-0.25, -0.2) is 4.98 Å². The zero-order chi connectivity index (χ0) is 13.7. The Morgan fingerprint density at radius 2 is 2.00 bits per heavy atom. The smallest absolute Gasteiger partial charge is 0.0907 e. The number of hydrogen-bond donors (Lipinski definition) is 2. The standard InChI is InChI=1S/C16H21N3S/c1-9-19-15-7-14(13(17)6-16(15)20-9)18-8-12(10-2-3-10)11-4-5-11/h6-7,10-12,18H,2-5,8,17H2,1H3. The van der Waals surface area contributed by atoms with Gasteiger partial charge in [0.1, 0.15) is 0 Å². The largest absolute Gasteiger partial charge is 0.397 e. The molecule has 2 aromatic rings. The number of aromatic nitrogens is 1. The molecule has 0 spiro atoms. The molecule has 106 valence electrons. The second-order valence-electron chi connectivity index (χ2n) is 6.36. The van der Waals surface area contributed by atoms with Crippen LogP contribution in [-0.2, 0) is 0 Å². The molecule has 4 heteroatoms. The monoisotopic (exact) mass is 287 g/mol. The molecule has 2 aliphatic carbocycles. The summed E-state index contributed by atoms with van der Waals surface area (Å²) in [6, 6.07) is 4.18. The van der Waals surface area contributed by atoms with Gasteiger partial charge < -0.3 is 11.1 Å². The molecule has 1 heterocycles. The third kappa shape index (κ3) is 2.37. The quantitative estimate of drug-likeness (QED) is 0.816. The fourth-order valence-electron chi connectivity index (χ4n) is 3.25. The number of thiazole rings is 1. The minimum Gasteiger partial charge on any atom is -0.397 e. The Hall–Kier alpha value is -1.29. The second kappa shape index (κ2) is 4.62. The highest BCUT2D eigenvalue weighted by atomic mass is 32.1. The SMILES string of the molecule is Cc1nc2cc(NCC(C3CC3)C3CC3)c(N)cc2s1. The Bertz CT molecular complexity index is 628. The van der Waals surface area contributed by atoms with E-state index < -0.39 is 0 Å². The van der Waals surface area contributed by atoms with E-state index in [9.17, 15) is 0 Å². The van der Waals surface area contributed by atoms with Crippen LogP contribution < -0.4 is 11.1 Å². The number of nitrogens with one attached hydrogen (secondary N) is 1. The molecular formula is C16H21N3S. The third-order valence-corrected chi connectivity index (χ3v) is 5.58. The number of fused-ring (bicyclic) bond motifs is 1. The van der Waals surface area contributed by atoms with Gasteiger partial charge in [-0.1, -0.05) is 0 Å². The molecule has 0 radical (unpaired) electrons. The van der Waals surface area contributed by atoms with Gasteiger partial charge in [0.25, 0.3) is 0 Å². The molecule has 0 amide bonds. The average Bonchev–Trinajstić information content (AvgIpc) is 3.29. The van der Waals surface area contributed by atoms with Crippen LogP contribution in [0, 0.1) is 24.7 Å². The van der Waals surface area contributed by atoms with Crippen LogP contribution in [0.25, 0.3) is 10.2 Å². The van der Waals surface area contributed by atoms with Crippen molar-refractivity contribution in [3.05, 3.63) is 17.1 Å². The van der Waals surface area contributed by atoms with Crippen LogP contribution in [0.2, 0.25) is 0 Å². The zero-order valence-corrected chi connectivity index (χ0v) is 12.7. The van der Waals surface area contributed by atoms with Crippen LogP contribution in [-0.4, -0.2) is 11.5 Å². The Morgan fingerprint density at radius 3 is 2.65 bits per heavy atom. The van der Waals surface area contributed by atoms with Crippen molar-refractivity contribution < 1.29 is 0 Å². The van der Waals surface area contributed by atoms with Crippen molar-refractivity contribution in [1.82, 2.24) is 4.98 Å². The molecule has 1 aromatic carbocycles.